The molecule has 0 saturated carbocycles. The molecule has 0 saturated heterocycles. The van der Waals surface area contributed by atoms with Crippen molar-refractivity contribution < 1.29 is 14.3 Å². The summed E-state index contributed by atoms with van der Waals surface area (Å²) in [6.45, 7) is 0. The van der Waals surface area contributed by atoms with E-state index in [0.717, 1.165) is 16.6 Å². The molecule has 6 heteroatoms. The molecule has 0 spiro atoms. The first-order chi connectivity index (χ1) is 13.2. The largest absolute Gasteiger partial charge is 0.493 e. The Morgan fingerprint density at radius 3 is 2.74 bits per heavy atom. The van der Waals surface area contributed by atoms with Gasteiger partial charge in [0.15, 0.2) is 16.7 Å². The molecule has 27 heavy (non-hydrogen) atoms. The minimum Gasteiger partial charge on any atom is -0.493 e. The van der Waals surface area contributed by atoms with Gasteiger partial charge in [-0.2, -0.15) is 0 Å². The van der Waals surface area contributed by atoms with Crippen molar-refractivity contribution in [2.45, 2.75) is 5.16 Å². The molecule has 0 amide bonds. The smallest absolute Gasteiger partial charge is 0.257 e. The molecule has 0 radical (unpaired) electrons. The van der Waals surface area contributed by atoms with Gasteiger partial charge in [-0.15, -0.1) is 6.42 Å². The Bertz CT molecular complexity index is 1050. The standard InChI is InChI=1S/C21H18N2O3S/c1-4-13-27-21-22-16-7-5-6-8-17(16)23(21)20(24)12-10-15-9-11-18(25-2)19(14-15)26-3/h1,5-12,14H,13H2,2-3H3/b12-10-. The van der Waals surface area contributed by atoms with Crippen molar-refractivity contribution in [2.24, 2.45) is 0 Å². The van der Waals surface area contributed by atoms with Crippen LogP contribution < -0.4 is 9.47 Å². The SMILES string of the molecule is C#CCSc1nc2ccccc2n1C(=O)/C=C\c1ccc(OC)c(OC)c1. The first-order valence-corrected chi connectivity index (χ1v) is 9.14. The number of fused-ring (bicyclic) bond motifs is 1. The number of ether oxygens (including phenoxy) is 2. The van der Waals surface area contributed by atoms with E-state index in [1.165, 1.54) is 17.8 Å². The Labute approximate surface area is 162 Å². The number of aromatic nitrogens is 2. The first-order valence-electron chi connectivity index (χ1n) is 8.16. The minimum absolute atomic E-state index is 0.196. The number of hydrogen-bond donors (Lipinski definition) is 0. The quantitative estimate of drug-likeness (QED) is 0.367. The van der Waals surface area contributed by atoms with Crippen LogP contribution in [0.5, 0.6) is 11.5 Å². The predicted molar refractivity (Wildman–Crippen MR) is 108 cm³/mol. The maximum Gasteiger partial charge on any atom is 0.257 e. The number of thioether (sulfide) groups is 1. The minimum atomic E-state index is -0.196. The topological polar surface area (TPSA) is 53.4 Å². The van der Waals surface area contributed by atoms with Crippen LogP contribution in [0.4, 0.5) is 0 Å². The zero-order valence-corrected chi connectivity index (χ0v) is 15.8. The molecule has 5 nitrogen and oxygen atoms in total. The third-order valence-corrected chi connectivity index (χ3v) is 4.70. The van der Waals surface area contributed by atoms with Gasteiger partial charge in [0, 0.05) is 6.08 Å². The molecule has 0 aliphatic heterocycles. The van der Waals surface area contributed by atoms with Crippen LogP contribution in [0.25, 0.3) is 17.1 Å². The van der Waals surface area contributed by atoms with Crippen LogP contribution in [0.3, 0.4) is 0 Å². The van der Waals surface area contributed by atoms with Crippen molar-refractivity contribution in [1.29, 1.82) is 0 Å². The summed E-state index contributed by atoms with van der Waals surface area (Å²) in [5.41, 5.74) is 2.33. The van der Waals surface area contributed by atoms with Crippen molar-refractivity contribution in [3.05, 3.63) is 54.1 Å². The molecule has 0 unspecified atom stereocenters. The Hall–Kier alpha value is -3.17. The normalized spacial score (nSPS) is 10.9. The maximum atomic E-state index is 12.9. The molecule has 0 aliphatic carbocycles. The molecule has 0 bridgehead atoms. The van der Waals surface area contributed by atoms with E-state index in [1.807, 2.05) is 36.4 Å². The number of para-hydroxylation sites is 2. The second-order valence-electron chi connectivity index (χ2n) is 5.50. The van der Waals surface area contributed by atoms with E-state index < -0.39 is 0 Å². The van der Waals surface area contributed by atoms with E-state index in [0.29, 0.717) is 22.4 Å². The van der Waals surface area contributed by atoms with Crippen LogP contribution in [0, 0.1) is 12.3 Å². The average molecular weight is 378 g/mol. The fourth-order valence-corrected chi connectivity index (χ4v) is 3.31. The third-order valence-electron chi connectivity index (χ3n) is 3.86. The highest BCUT2D eigenvalue weighted by atomic mass is 32.2. The summed E-state index contributed by atoms with van der Waals surface area (Å²) >= 11 is 1.36. The van der Waals surface area contributed by atoms with Gasteiger partial charge in [-0.05, 0) is 35.9 Å². The molecule has 2 aromatic carbocycles. The summed E-state index contributed by atoms with van der Waals surface area (Å²) in [5.74, 6) is 4.04. The number of methoxy groups -OCH3 is 2. The molecule has 136 valence electrons. The summed E-state index contributed by atoms with van der Waals surface area (Å²) in [5, 5.41) is 0.580. The zero-order valence-electron chi connectivity index (χ0n) is 15.0. The van der Waals surface area contributed by atoms with Gasteiger partial charge in [0.2, 0.25) is 0 Å². The number of imidazole rings is 1. The van der Waals surface area contributed by atoms with Gasteiger partial charge in [-0.3, -0.25) is 9.36 Å². The van der Waals surface area contributed by atoms with Crippen molar-refractivity contribution in [3.63, 3.8) is 0 Å². The molecule has 0 fully saturated rings. The van der Waals surface area contributed by atoms with Crippen LogP contribution >= 0.6 is 11.8 Å². The maximum absolute atomic E-state index is 12.9. The third kappa shape index (κ3) is 3.99. The summed E-state index contributed by atoms with van der Waals surface area (Å²) in [4.78, 5) is 17.4. The van der Waals surface area contributed by atoms with Gasteiger partial charge in [0.1, 0.15) is 0 Å². The first kappa shape index (κ1) is 18.6. The summed E-state index contributed by atoms with van der Waals surface area (Å²) < 4.78 is 12.1. The number of terminal acetylenes is 1. The molecule has 1 aromatic heterocycles. The number of rotatable bonds is 6. The molecule has 0 atom stereocenters. The fraction of sp³-hybridized carbons (Fsp3) is 0.143. The molecule has 0 N–H and O–H groups in total. The molecular weight excluding hydrogens is 360 g/mol. The van der Waals surface area contributed by atoms with E-state index in [-0.39, 0.29) is 5.91 Å². The molecule has 3 aromatic rings. The van der Waals surface area contributed by atoms with E-state index in [4.69, 9.17) is 15.9 Å². The summed E-state index contributed by atoms with van der Waals surface area (Å²) in [6.07, 6.45) is 8.59. The zero-order chi connectivity index (χ0) is 19.2. The van der Waals surface area contributed by atoms with E-state index in [1.54, 1.807) is 30.9 Å². The number of benzene rings is 2. The Morgan fingerprint density at radius 1 is 1.22 bits per heavy atom. The van der Waals surface area contributed by atoms with Crippen LogP contribution in [-0.4, -0.2) is 35.4 Å². The lowest BCUT2D eigenvalue weighted by molar-refractivity contribution is 0.0965. The van der Waals surface area contributed by atoms with Crippen LogP contribution in [0.2, 0.25) is 0 Å². The van der Waals surface area contributed by atoms with Crippen molar-refractivity contribution >= 4 is 34.8 Å². The van der Waals surface area contributed by atoms with E-state index >= 15 is 0 Å². The lowest BCUT2D eigenvalue weighted by Crippen LogP contribution is -2.08. The Balaban J connectivity index is 1.94. The molecule has 1 heterocycles. The summed E-state index contributed by atoms with van der Waals surface area (Å²) in [6, 6.07) is 13.0. The number of hydrogen-bond acceptors (Lipinski definition) is 5. The van der Waals surface area contributed by atoms with Gasteiger partial charge >= 0.3 is 0 Å². The van der Waals surface area contributed by atoms with Crippen molar-refractivity contribution in [1.82, 2.24) is 9.55 Å². The van der Waals surface area contributed by atoms with Crippen LogP contribution in [-0.2, 0) is 0 Å². The van der Waals surface area contributed by atoms with Crippen LogP contribution in [0.15, 0.2) is 53.7 Å². The van der Waals surface area contributed by atoms with Crippen molar-refractivity contribution in [2.75, 3.05) is 20.0 Å². The Kier molecular flexibility index (Phi) is 5.84. The second-order valence-corrected chi connectivity index (χ2v) is 6.44. The lowest BCUT2D eigenvalue weighted by atomic mass is 10.2. The average Bonchev–Trinajstić information content (AvgIpc) is 3.08. The van der Waals surface area contributed by atoms with Gasteiger partial charge in [-0.1, -0.05) is 35.9 Å². The molecule has 0 aliphatic rings. The molecule has 3 rings (SSSR count). The fourth-order valence-electron chi connectivity index (χ4n) is 2.62. The second kappa shape index (κ2) is 8.47. The molecular formula is C21H18N2O3S. The Morgan fingerprint density at radius 2 is 2.00 bits per heavy atom. The van der Waals surface area contributed by atoms with Gasteiger partial charge < -0.3 is 9.47 Å². The lowest BCUT2D eigenvalue weighted by Gasteiger charge is -2.07. The van der Waals surface area contributed by atoms with E-state index in [9.17, 15) is 4.79 Å². The highest BCUT2D eigenvalue weighted by Gasteiger charge is 2.15. The van der Waals surface area contributed by atoms with Gasteiger partial charge in [0.05, 0.1) is 31.0 Å². The summed E-state index contributed by atoms with van der Waals surface area (Å²) in [7, 11) is 3.15. The number of allylic oxidation sites excluding steroid dienone is 1. The number of carbonyl (C=O) groups is 1. The van der Waals surface area contributed by atoms with E-state index in [2.05, 4.69) is 10.9 Å². The van der Waals surface area contributed by atoms with Crippen LogP contribution in [0.1, 0.15) is 10.4 Å². The predicted octanol–water partition coefficient (Wildman–Crippen LogP) is 4.13. The monoisotopic (exact) mass is 378 g/mol. The highest BCUT2D eigenvalue weighted by Crippen LogP contribution is 2.28. The van der Waals surface area contributed by atoms with Gasteiger partial charge in [0.25, 0.3) is 5.91 Å². The number of carbonyl (C=O) groups excluding carboxylic acids is 1. The highest BCUT2D eigenvalue weighted by molar-refractivity contribution is 7.99. The van der Waals surface area contributed by atoms with Gasteiger partial charge in [-0.25, -0.2) is 4.98 Å². The van der Waals surface area contributed by atoms with Crippen molar-refractivity contribution in [3.8, 4) is 23.8 Å². The number of nitrogens with zero attached hydrogens (tertiary/aromatic N) is 2.